The quantitative estimate of drug-likeness (QED) is 0.680. The molecule has 29 heavy (non-hydrogen) atoms. The predicted molar refractivity (Wildman–Crippen MR) is 115 cm³/mol. The fourth-order valence-corrected chi connectivity index (χ4v) is 6.18. The number of amides is 2. The van der Waals surface area contributed by atoms with Gasteiger partial charge >= 0.3 is 0 Å². The minimum atomic E-state index is -3.07. The van der Waals surface area contributed by atoms with Gasteiger partial charge < -0.3 is 9.80 Å². The predicted octanol–water partition coefficient (Wildman–Crippen LogP) is 2.98. The average Bonchev–Trinajstić information content (AvgIpc) is 3.26. The van der Waals surface area contributed by atoms with Crippen molar-refractivity contribution >= 4 is 27.3 Å². The summed E-state index contributed by atoms with van der Waals surface area (Å²) in [5.74, 6) is -0.0137. The molecular formula is C22H32N2O4S. The van der Waals surface area contributed by atoms with E-state index in [2.05, 4.69) is 19.9 Å². The Morgan fingerprint density at radius 3 is 2.62 bits per heavy atom. The van der Waals surface area contributed by atoms with Gasteiger partial charge in [-0.15, -0.1) is 0 Å². The van der Waals surface area contributed by atoms with Crippen molar-refractivity contribution in [2.45, 2.75) is 58.4 Å². The van der Waals surface area contributed by atoms with Crippen LogP contribution in [-0.2, 0) is 19.4 Å². The van der Waals surface area contributed by atoms with Crippen LogP contribution < -0.4 is 4.90 Å². The highest BCUT2D eigenvalue weighted by atomic mass is 32.2. The number of carbonyl (C=O) groups excluding carboxylic acids is 2. The van der Waals surface area contributed by atoms with E-state index in [1.54, 1.807) is 9.80 Å². The van der Waals surface area contributed by atoms with E-state index in [1.165, 1.54) is 0 Å². The SMILES string of the molecule is CCCN(C(=O)[C@H]1CC(=O)N(c2ccccc2[C@@H](C)CC)C1)[C@H]1CCS(=O)(=O)C1. The zero-order chi connectivity index (χ0) is 21.2. The molecule has 0 saturated carbocycles. The van der Waals surface area contributed by atoms with Crippen molar-refractivity contribution in [3.63, 3.8) is 0 Å². The third kappa shape index (κ3) is 4.65. The monoisotopic (exact) mass is 420 g/mol. The highest BCUT2D eigenvalue weighted by Gasteiger charge is 2.41. The molecule has 0 aromatic heterocycles. The van der Waals surface area contributed by atoms with Gasteiger partial charge in [0.25, 0.3) is 0 Å². The van der Waals surface area contributed by atoms with Crippen LogP contribution in [0.5, 0.6) is 0 Å². The molecule has 0 aliphatic carbocycles. The number of hydrogen-bond donors (Lipinski definition) is 0. The summed E-state index contributed by atoms with van der Waals surface area (Å²) >= 11 is 0. The van der Waals surface area contributed by atoms with Crippen LogP contribution in [0.1, 0.15) is 57.9 Å². The lowest BCUT2D eigenvalue weighted by atomic mass is 9.96. The second kappa shape index (κ2) is 8.86. The zero-order valence-corrected chi connectivity index (χ0v) is 18.5. The van der Waals surface area contributed by atoms with Crippen molar-refractivity contribution in [2.75, 3.05) is 29.5 Å². The number of nitrogens with zero attached hydrogens (tertiary/aromatic N) is 2. The van der Waals surface area contributed by atoms with E-state index in [9.17, 15) is 18.0 Å². The molecule has 2 fully saturated rings. The Morgan fingerprint density at radius 2 is 2.00 bits per heavy atom. The van der Waals surface area contributed by atoms with E-state index >= 15 is 0 Å². The number of anilines is 1. The van der Waals surface area contributed by atoms with Gasteiger partial charge in [0.2, 0.25) is 11.8 Å². The maximum Gasteiger partial charge on any atom is 0.228 e. The van der Waals surface area contributed by atoms with Gasteiger partial charge in [-0.25, -0.2) is 8.42 Å². The number of hydrogen-bond acceptors (Lipinski definition) is 4. The summed E-state index contributed by atoms with van der Waals surface area (Å²) < 4.78 is 23.8. The molecule has 0 N–H and O–H groups in total. The molecule has 2 aliphatic rings. The Labute approximate surface area is 174 Å². The van der Waals surface area contributed by atoms with Gasteiger partial charge in [0.15, 0.2) is 9.84 Å². The van der Waals surface area contributed by atoms with Crippen molar-refractivity contribution in [1.82, 2.24) is 4.90 Å². The van der Waals surface area contributed by atoms with Gasteiger partial charge in [-0.3, -0.25) is 9.59 Å². The minimum Gasteiger partial charge on any atom is -0.338 e. The lowest BCUT2D eigenvalue weighted by Crippen LogP contribution is -2.45. The molecule has 3 atom stereocenters. The molecule has 2 amide bonds. The number of para-hydroxylation sites is 1. The second-order valence-electron chi connectivity index (χ2n) is 8.36. The van der Waals surface area contributed by atoms with E-state index in [0.717, 1.165) is 24.1 Å². The molecule has 6 nitrogen and oxygen atoms in total. The second-order valence-corrected chi connectivity index (χ2v) is 10.6. The topological polar surface area (TPSA) is 74.8 Å². The molecule has 1 aromatic carbocycles. The first-order valence-electron chi connectivity index (χ1n) is 10.7. The van der Waals surface area contributed by atoms with Crippen LogP contribution in [0.3, 0.4) is 0 Å². The van der Waals surface area contributed by atoms with Gasteiger partial charge in [0.05, 0.1) is 17.4 Å². The Bertz CT molecular complexity index is 867. The van der Waals surface area contributed by atoms with Crippen LogP contribution >= 0.6 is 0 Å². The molecule has 3 rings (SSSR count). The zero-order valence-electron chi connectivity index (χ0n) is 17.6. The van der Waals surface area contributed by atoms with E-state index in [-0.39, 0.29) is 35.8 Å². The van der Waals surface area contributed by atoms with Crippen LogP contribution in [0.2, 0.25) is 0 Å². The van der Waals surface area contributed by atoms with Crippen molar-refractivity contribution in [1.29, 1.82) is 0 Å². The molecule has 0 radical (unpaired) electrons. The number of rotatable bonds is 7. The summed E-state index contributed by atoms with van der Waals surface area (Å²) in [4.78, 5) is 29.6. The minimum absolute atomic E-state index is 0.0328. The molecule has 2 heterocycles. The average molecular weight is 421 g/mol. The summed E-state index contributed by atoms with van der Waals surface area (Å²) in [7, 11) is -3.07. The normalized spacial score (nSPS) is 24.7. The van der Waals surface area contributed by atoms with Crippen molar-refractivity contribution in [3.8, 4) is 0 Å². The molecule has 0 bridgehead atoms. The van der Waals surface area contributed by atoms with Crippen LogP contribution in [0.25, 0.3) is 0 Å². The number of benzene rings is 1. The van der Waals surface area contributed by atoms with Crippen molar-refractivity contribution in [2.24, 2.45) is 5.92 Å². The van der Waals surface area contributed by atoms with E-state index in [0.29, 0.717) is 25.4 Å². The summed E-state index contributed by atoms with van der Waals surface area (Å²) in [5, 5.41) is 0. The molecule has 0 unspecified atom stereocenters. The molecule has 160 valence electrons. The first-order chi connectivity index (χ1) is 13.8. The van der Waals surface area contributed by atoms with E-state index in [4.69, 9.17) is 0 Å². The van der Waals surface area contributed by atoms with Crippen LogP contribution in [0, 0.1) is 5.92 Å². The summed E-state index contributed by atoms with van der Waals surface area (Å²) in [6.45, 7) is 7.15. The van der Waals surface area contributed by atoms with Gasteiger partial charge in [0, 0.05) is 31.2 Å². The van der Waals surface area contributed by atoms with Crippen LogP contribution in [-0.4, -0.2) is 55.8 Å². The van der Waals surface area contributed by atoms with Crippen LogP contribution in [0.15, 0.2) is 24.3 Å². The Kier molecular flexibility index (Phi) is 6.66. The molecule has 2 saturated heterocycles. The third-order valence-electron chi connectivity index (χ3n) is 6.24. The first-order valence-corrected chi connectivity index (χ1v) is 12.5. The van der Waals surface area contributed by atoms with E-state index in [1.807, 2.05) is 25.1 Å². The summed E-state index contributed by atoms with van der Waals surface area (Å²) in [6, 6.07) is 7.66. The molecular weight excluding hydrogens is 388 g/mol. The smallest absolute Gasteiger partial charge is 0.228 e. The van der Waals surface area contributed by atoms with Crippen molar-refractivity contribution in [3.05, 3.63) is 29.8 Å². The number of carbonyl (C=O) groups is 2. The van der Waals surface area contributed by atoms with Crippen molar-refractivity contribution < 1.29 is 18.0 Å². The maximum absolute atomic E-state index is 13.3. The Hall–Kier alpha value is -1.89. The lowest BCUT2D eigenvalue weighted by molar-refractivity contribution is -0.137. The highest BCUT2D eigenvalue weighted by molar-refractivity contribution is 7.91. The van der Waals surface area contributed by atoms with Gasteiger partial charge in [-0.2, -0.15) is 0 Å². The first kappa shape index (κ1) is 21.8. The largest absolute Gasteiger partial charge is 0.338 e. The maximum atomic E-state index is 13.3. The molecule has 2 aliphatic heterocycles. The van der Waals surface area contributed by atoms with Gasteiger partial charge in [0.1, 0.15) is 0 Å². The fraction of sp³-hybridized carbons (Fsp3) is 0.636. The highest BCUT2D eigenvalue weighted by Crippen LogP contribution is 2.34. The Balaban J connectivity index is 1.79. The fourth-order valence-electron chi connectivity index (χ4n) is 4.45. The van der Waals surface area contributed by atoms with Gasteiger partial charge in [-0.05, 0) is 36.8 Å². The van der Waals surface area contributed by atoms with Crippen LogP contribution in [0.4, 0.5) is 5.69 Å². The summed E-state index contributed by atoms with van der Waals surface area (Å²) in [5.41, 5.74) is 2.02. The number of sulfone groups is 1. The lowest BCUT2D eigenvalue weighted by Gasteiger charge is -2.30. The summed E-state index contributed by atoms with van der Waals surface area (Å²) in [6.07, 6.45) is 2.42. The van der Waals surface area contributed by atoms with E-state index < -0.39 is 15.8 Å². The Morgan fingerprint density at radius 1 is 1.28 bits per heavy atom. The van der Waals surface area contributed by atoms with Gasteiger partial charge in [-0.1, -0.05) is 39.0 Å². The standard InChI is InChI=1S/C22H32N2O4S/c1-4-11-23(18-10-12-29(27,28)15-18)22(26)17-13-21(25)24(14-17)20-9-7-6-8-19(20)16(3)5-2/h6-9,16-18H,4-5,10-15H2,1-3H3/t16-,17-,18-/m0/s1. The molecule has 1 aromatic rings. The molecule has 0 spiro atoms. The third-order valence-corrected chi connectivity index (χ3v) is 7.99. The molecule has 7 heteroatoms.